The highest BCUT2D eigenvalue weighted by molar-refractivity contribution is 6.20. The minimum atomic E-state index is -1.40. The van der Waals surface area contributed by atoms with E-state index in [1.807, 2.05) is 0 Å². The number of aliphatic carboxylic acids is 1. The Morgan fingerprint density at radius 2 is 1.65 bits per heavy atom. The summed E-state index contributed by atoms with van der Waals surface area (Å²) in [6.45, 7) is -0.236. The normalized spacial score (nSPS) is 23.3. The van der Waals surface area contributed by atoms with E-state index in [0.717, 1.165) is 0 Å². The van der Waals surface area contributed by atoms with Gasteiger partial charge in [-0.1, -0.05) is 12.1 Å². The molecule has 3 rings (SSSR count). The Morgan fingerprint density at radius 1 is 1.09 bits per heavy atom. The predicted molar refractivity (Wildman–Crippen MR) is 72.6 cm³/mol. The Bertz CT molecular complexity index is 660. The second-order valence-electron chi connectivity index (χ2n) is 5.20. The lowest BCUT2D eigenvalue weighted by molar-refractivity contribution is -0.142. The van der Waals surface area contributed by atoms with Gasteiger partial charge in [0, 0.05) is 6.42 Å². The van der Waals surface area contributed by atoms with Gasteiger partial charge < -0.3 is 10.2 Å². The summed E-state index contributed by atoms with van der Waals surface area (Å²) in [5.74, 6) is -2.60. The fourth-order valence-corrected chi connectivity index (χ4v) is 2.73. The van der Waals surface area contributed by atoms with Gasteiger partial charge in [-0.05, 0) is 12.1 Å². The van der Waals surface area contributed by atoms with E-state index in [-0.39, 0.29) is 24.1 Å². The van der Waals surface area contributed by atoms with E-state index in [9.17, 15) is 19.2 Å². The quantitative estimate of drug-likeness (QED) is 0.773. The van der Waals surface area contributed by atoms with E-state index in [1.54, 1.807) is 12.1 Å². The third kappa shape index (κ3) is 2.40. The average molecular weight is 320 g/mol. The van der Waals surface area contributed by atoms with Crippen LogP contribution in [-0.4, -0.2) is 62.7 Å². The number of rotatable bonds is 3. The molecule has 2 N–H and O–H groups in total. The monoisotopic (exact) mass is 320 g/mol. The van der Waals surface area contributed by atoms with Crippen LogP contribution >= 0.6 is 0 Å². The predicted octanol–water partition coefficient (Wildman–Crippen LogP) is 0.420. The topological polar surface area (TPSA) is 124 Å². The van der Waals surface area contributed by atoms with Crippen molar-refractivity contribution in [3.63, 3.8) is 0 Å². The highest BCUT2D eigenvalue weighted by Gasteiger charge is 2.44. The molecule has 0 saturated carbocycles. The fraction of sp³-hybridized carbons (Fsp3) is 0.286. The highest BCUT2D eigenvalue weighted by Crippen LogP contribution is 2.27. The number of hydroxylamine groups is 2. The molecule has 0 aliphatic carbocycles. The summed E-state index contributed by atoms with van der Waals surface area (Å²) in [6, 6.07) is 4.91. The smallest absolute Gasteiger partial charge is 0.408 e. The van der Waals surface area contributed by atoms with Crippen molar-refractivity contribution < 1.29 is 34.2 Å². The van der Waals surface area contributed by atoms with E-state index in [4.69, 9.17) is 15.1 Å². The third-order valence-electron chi connectivity index (χ3n) is 3.80. The Morgan fingerprint density at radius 3 is 2.09 bits per heavy atom. The summed E-state index contributed by atoms with van der Waals surface area (Å²) in [4.78, 5) is 52.5. The molecule has 0 radical (unpaired) electrons. The van der Waals surface area contributed by atoms with Crippen LogP contribution in [-0.2, 0) is 9.63 Å². The number of benzene rings is 1. The average Bonchev–Trinajstić information content (AvgIpc) is 3.04. The molecular weight excluding hydrogens is 308 g/mol. The lowest BCUT2D eigenvalue weighted by Gasteiger charge is -2.18. The number of carboxylic acids is 1. The van der Waals surface area contributed by atoms with Gasteiger partial charge in [0.1, 0.15) is 12.1 Å². The number of nitrogens with zero attached hydrogens (tertiary/aromatic N) is 2. The molecule has 0 spiro atoms. The maximum absolute atomic E-state index is 12.2. The van der Waals surface area contributed by atoms with Gasteiger partial charge in [-0.15, -0.1) is 5.06 Å². The Balaban J connectivity index is 1.77. The van der Waals surface area contributed by atoms with Crippen LogP contribution in [0.25, 0.3) is 0 Å². The zero-order chi connectivity index (χ0) is 16.7. The van der Waals surface area contributed by atoms with Crippen molar-refractivity contribution in [3.05, 3.63) is 35.4 Å². The summed E-state index contributed by atoms with van der Waals surface area (Å²) in [5, 5.41) is 18.6. The summed E-state index contributed by atoms with van der Waals surface area (Å²) in [7, 11) is 0. The molecule has 1 aromatic carbocycles. The Kier molecular flexibility index (Phi) is 3.49. The van der Waals surface area contributed by atoms with Gasteiger partial charge in [0.25, 0.3) is 11.8 Å². The van der Waals surface area contributed by atoms with E-state index in [0.29, 0.717) is 9.96 Å². The molecule has 0 unspecified atom stereocenters. The second kappa shape index (κ2) is 5.36. The van der Waals surface area contributed by atoms with Crippen molar-refractivity contribution in [2.75, 3.05) is 6.54 Å². The van der Waals surface area contributed by atoms with Crippen LogP contribution in [0.15, 0.2) is 24.3 Å². The zero-order valence-corrected chi connectivity index (χ0v) is 11.7. The van der Waals surface area contributed by atoms with Gasteiger partial charge in [0.05, 0.1) is 17.7 Å². The minimum absolute atomic E-state index is 0.144. The van der Waals surface area contributed by atoms with Crippen molar-refractivity contribution in [2.24, 2.45) is 0 Å². The first-order valence-electron chi connectivity index (χ1n) is 6.77. The van der Waals surface area contributed by atoms with Crippen LogP contribution in [0.5, 0.6) is 0 Å². The number of hydrogen-bond acceptors (Lipinski definition) is 5. The summed E-state index contributed by atoms with van der Waals surface area (Å²) >= 11 is 0. The highest BCUT2D eigenvalue weighted by atomic mass is 16.7. The van der Waals surface area contributed by atoms with Crippen molar-refractivity contribution in [3.8, 4) is 0 Å². The van der Waals surface area contributed by atoms with Gasteiger partial charge in [0.2, 0.25) is 0 Å². The molecule has 2 heterocycles. The van der Waals surface area contributed by atoms with Gasteiger partial charge in [-0.3, -0.25) is 19.3 Å². The van der Waals surface area contributed by atoms with E-state index in [2.05, 4.69) is 0 Å². The third-order valence-corrected chi connectivity index (χ3v) is 3.80. The van der Waals surface area contributed by atoms with E-state index < -0.39 is 36.0 Å². The molecule has 3 amide bonds. The van der Waals surface area contributed by atoms with Gasteiger partial charge in [-0.25, -0.2) is 9.59 Å². The molecule has 1 fully saturated rings. The maximum Gasteiger partial charge on any atom is 0.408 e. The second-order valence-corrected chi connectivity index (χ2v) is 5.20. The lowest BCUT2D eigenvalue weighted by atomic mass is 10.1. The van der Waals surface area contributed by atoms with Crippen molar-refractivity contribution in [1.82, 2.24) is 9.96 Å². The fourth-order valence-electron chi connectivity index (χ4n) is 2.73. The van der Waals surface area contributed by atoms with Crippen LogP contribution in [0, 0.1) is 0 Å². The number of likely N-dealkylation sites (tertiary alicyclic amines) is 1. The molecule has 9 nitrogen and oxygen atoms in total. The molecule has 2 atom stereocenters. The van der Waals surface area contributed by atoms with Crippen LogP contribution in [0.3, 0.4) is 0 Å². The van der Waals surface area contributed by atoms with Crippen molar-refractivity contribution >= 4 is 23.9 Å². The zero-order valence-electron chi connectivity index (χ0n) is 11.7. The molecule has 1 saturated heterocycles. The summed E-state index contributed by atoms with van der Waals surface area (Å²) in [5.41, 5.74) is 0.390. The molecule has 1 aromatic rings. The number of amides is 3. The molecule has 0 aromatic heterocycles. The lowest BCUT2D eigenvalue weighted by Crippen LogP contribution is -2.40. The summed E-state index contributed by atoms with van der Waals surface area (Å²) < 4.78 is 0. The van der Waals surface area contributed by atoms with Crippen molar-refractivity contribution in [2.45, 2.75) is 18.6 Å². The van der Waals surface area contributed by atoms with Gasteiger partial charge in [-0.2, -0.15) is 0 Å². The molecular formula is C14H12N2O7. The van der Waals surface area contributed by atoms with Gasteiger partial charge >= 0.3 is 12.1 Å². The van der Waals surface area contributed by atoms with E-state index in [1.165, 1.54) is 12.1 Å². The number of carbonyl (C=O) groups excluding carboxylic acids is 2. The number of fused-ring (bicyclic) bond motifs is 1. The van der Waals surface area contributed by atoms with Crippen LogP contribution in [0.4, 0.5) is 4.79 Å². The Labute approximate surface area is 129 Å². The molecule has 2 aliphatic rings. The number of carbonyl (C=O) groups is 4. The SMILES string of the molecule is O=C(O)[C@H]1C[C@H](ON2C(=O)c3ccccc3C2=O)CN1C(=O)O. The largest absolute Gasteiger partial charge is 0.480 e. The first-order valence-corrected chi connectivity index (χ1v) is 6.77. The van der Waals surface area contributed by atoms with Gasteiger partial charge in [0.15, 0.2) is 0 Å². The Hall–Kier alpha value is -2.94. The first-order chi connectivity index (χ1) is 10.9. The molecule has 9 heteroatoms. The van der Waals surface area contributed by atoms with E-state index >= 15 is 0 Å². The van der Waals surface area contributed by atoms with Crippen molar-refractivity contribution in [1.29, 1.82) is 0 Å². The molecule has 0 bridgehead atoms. The van der Waals surface area contributed by atoms with Crippen LogP contribution < -0.4 is 0 Å². The number of hydrogen-bond donors (Lipinski definition) is 2. The number of carboxylic acid groups (broad SMARTS) is 2. The molecule has 23 heavy (non-hydrogen) atoms. The summed E-state index contributed by atoms with van der Waals surface area (Å²) in [6.07, 6.45) is -2.44. The molecule has 2 aliphatic heterocycles. The minimum Gasteiger partial charge on any atom is -0.480 e. The maximum atomic E-state index is 12.2. The number of imide groups is 1. The first kappa shape index (κ1) is 15.0. The standard InChI is InChI=1S/C14H12N2O7/c17-11-8-3-1-2-4-9(8)12(18)16(11)23-7-5-10(13(19)20)15(6-7)14(21)22/h1-4,7,10H,5-6H2,(H,19,20)(H,21,22)/t7-,10+/m0/s1. The van der Waals surface area contributed by atoms with Crippen LogP contribution in [0.2, 0.25) is 0 Å². The van der Waals surface area contributed by atoms with Crippen LogP contribution in [0.1, 0.15) is 27.1 Å². The molecule has 120 valence electrons.